The largest absolute Gasteiger partial charge is 0.395 e. The van der Waals surface area contributed by atoms with Crippen LogP contribution in [0.4, 0.5) is 10.1 Å². The third-order valence-corrected chi connectivity index (χ3v) is 2.33. The van der Waals surface area contributed by atoms with Gasteiger partial charge in [0.15, 0.2) is 5.69 Å². The van der Waals surface area contributed by atoms with E-state index in [0.717, 1.165) is 0 Å². The van der Waals surface area contributed by atoms with Crippen molar-refractivity contribution in [1.29, 1.82) is 0 Å². The molecule has 17 heavy (non-hydrogen) atoms. The first-order chi connectivity index (χ1) is 8.13. The van der Waals surface area contributed by atoms with Gasteiger partial charge in [-0.3, -0.25) is 4.79 Å². The Bertz CT molecular complexity index is 564. The van der Waals surface area contributed by atoms with E-state index in [0.29, 0.717) is 5.69 Å². The van der Waals surface area contributed by atoms with Crippen LogP contribution in [0.25, 0.3) is 5.69 Å². The second-order valence-corrected chi connectivity index (χ2v) is 3.40. The van der Waals surface area contributed by atoms with E-state index >= 15 is 0 Å². The molecule has 5 nitrogen and oxygen atoms in total. The number of amides is 1. The maximum Gasteiger partial charge on any atom is 0.271 e. The van der Waals surface area contributed by atoms with E-state index < -0.39 is 5.82 Å². The van der Waals surface area contributed by atoms with E-state index in [2.05, 4.69) is 10.4 Å². The number of hydrogen-bond acceptors (Lipinski definition) is 3. The number of nitrogens with zero attached hydrogens (tertiary/aromatic N) is 2. The van der Waals surface area contributed by atoms with E-state index in [1.165, 1.54) is 29.9 Å². The number of hydrogen-bond donors (Lipinski definition) is 2. The fraction of sp³-hybridized carbons (Fsp3) is 0.0909. The van der Waals surface area contributed by atoms with Gasteiger partial charge >= 0.3 is 0 Å². The first kappa shape index (κ1) is 11.1. The van der Waals surface area contributed by atoms with Crippen LogP contribution in [0, 0.1) is 5.82 Å². The molecule has 1 amide bonds. The Morgan fingerprint density at radius 1 is 1.47 bits per heavy atom. The van der Waals surface area contributed by atoms with Crippen molar-refractivity contribution in [2.75, 3.05) is 12.8 Å². The van der Waals surface area contributed by atoms with E-state index in [-0.39, 0.29) is 17.3 Å². The number of benzene rings is 1. The van der Waals surface area contributed by atoms with Crippen molar-refractivity contribution in [3.63, 3.8) is 0 Å². The van der Waals surface area contributed by atoms with E-state index in [1.807, 2.05) is 0 Å². The summed E-state index contributed by atoms with van der Waals surface area (Å²) in [5.74, 6) is -0.821. The molecule has 0 bridgehead atoms. The van der Waals surface area contributed by atoms with Crippen molar-refractivity contribution in [1.82, 2.24) is 15.1 Å². The van der Waals surface area contributed by atoms with Gasteiger partial charge in [0.25, 0.3) is 5.91 Å². The molecular formula is C11H11FN4O. The van der Waals surface area contributed by atoms with E-state index in [9.17, 15) is 9.18 Å². The maximum absolute atomic E-state index is 13.3. The Hall–Kier alpha value is -2.37. The Balaban J connectivity index is 2.44. The lowest BCUT2D eigenvalue weighted by atomic mass is 10.2. The molecule has 6 heteroatoms. The molecule has 1 heterocycles. The number of para-hydroxylation sites is 1. The third-order valence-electron chi connectivity index (χ3n) is 2.33. The topological polar surface area (TPSA) is 72.9 Å². The third kappa shape index (κ3) is 1.96. The number of nitrogen functional groups attached to an aromatic ring is 1. The number of aromatic nitrogens is 2. The number of carbonyl (C=O) groups is 1. The van der Waals surface area contributed by atoms with Crippen LogP contribution in [-0.2, 0) is 0 Å². The second-order valence-electron chi connectivity index (χ2n) is 3.40. The zero-order chi connectivity index (χ0) is 12.4. The van der Waals surface area contributed by atoms with Gasteiger partial charge in [-0.2, -0.15) is 5.10 Å². The highest BCUT2D eigenvalue weighted by molar-refractivity contribution is 5.91. The Morgan fingerprint density at radius 3 is 2.94 bits per heavy atom. The molecular weight excluding hydrogens is 223 g/mol. The predicted octanol–water partition coefficient (Wildman–Crippen LogP) is 0.953. The van der Waals surface area contributed by atoms with Crippen molar-refractivity contribution in [2.24, 2.45) is 0 Å². The summed E-state index contributed by atoms with van der Waals surface area (Å²) in [5.41, 5.74) is 6.24. The quantitative estimate of drug-likeness (QED) is 0.760. The lowest BCUT2D eigenvalue weighted by Crippen LogP contribution is -2.18. The monoisotopic (exact) mass is 234 g/mol. The number of halogens is 1. The highest BCUT2D eigenvalue weighted by atomic mass is 19.1. The normalized spacial score (nSPS) is 10.2. The molecule has 88 valence electrons. The molecule has 0 unspecified atom stereocenters. The minimum absolute atomic E-state index is 0.000873. The number of anilines is 1. The molecule has 1 aromatic carbocycles. The standard InChI is InChI=1S/C11H11FN4O/c1-14-11(17)8-5-6-16(15-8)9-4-2-3-7(12)10(9)13/h2-6H,13H2,1H3,(H,14,17). The first-order valence-electron chi connectivity index (χ1n) is 4.95. The Kier molecular flexibility index (Phi) is 2.78. The number of nitrogens with one attached hydrogen (secondary N) is 1. The molecule has 0 fully saturated rings. The minimum Gasteiger partial charge on any atom is -0.395 e. The Labute approximate surface area is 97.0 Å². The molecule has 0 aliphatic rings. The van der Waals surface area contributed by atoms with E-state index in [1.54, 1.807) is 12.3 Å². The fourth-order valence-electron chi connectivity index (χ4n) is 1.43. The summed E-state index contributed by atoms with van der Waals surface area (Å²) >= 11 is 0. The van der Waals surface area contributed by atoms with Crippen molar-refractivity contribution >= 4 is 11.6 Å². The number of nitrogens with two attached hydrogens (primary N) is 1. The van der Waals surface area contributed by atoms with Gasteiger partial charge in [-0.05, 0) is 18.2 Å². The van der Waals surface area contributed by atoms with Crippen molar-refractivity contribution in [3.8, 4) is 5.69 Å². The van der Waals surface area contributed by atoms with Gasteiger partial charge in [-0.1, -0.05) is 6.07 Å². The Morgan fingerprint density at radius 2 is 2.24 bits per heavy atom. The second kappa shape index (κ2) is 4.25. The predicted molar refractivity (Wildman–Crippen MR) is 61.3 cm³/mol. The van der Waals surface area contributed by atoms with Crippen LogP contribution in [0.15, 0.2) is 30.5 Å². The van der Waals surface area contributed by atoms with Crippen LogP contribution in [-0.4, -0.2) is 22.7 Å². The van der Waals surface area contributed by atoms with Gasteiger partial charge in [0.2, 0.25) is 0 Å². The summed E-state index contributed by atoms with van der Waals surface area (Å²) in [4.78, 5) is 11.3. The highest BCUT2D eigenvalue weighted by Gasteiger charge is 2.11. The zero-order valence-electron chi connectivity index (χ0n) is 9.14. The number of rotatable bonds is 2. The first-order valence-corrected chi connectivity index (χ1v) is 4.95. The molecule has 0 saturated heterocycles. The van der Waals surface area contributed by atoms with Gasteiger partial charge in [-0.25, -0.2) is 9.07 Å². The minimum atomic E-state index is -0.514. The average molecular weight is 234 g/mol. The van der Waals surface area contributed by atoms with Crippen molar-refractivity contribution in [3.05, 3.63) is 42.0 Å². The summed E-state index contributed by atoms with van der Waals surface area (Å²) in [7, 11) is 1.51. The van der Waals surface area contributed by atoms with Gasteiger partial charge in [0, 0.05) is 13.2 Å². The van der Waals surface area contributed by atoms with Crippen molar-refractivity contribution in [2.45, 2.75) is 0 Å². The molecule has 1 aromatic heterocycles. The van der Waals surface area contributed by atoms with Crippen LogP contribution in [0.1, 0.15) is 10.5 Å². The lowest BCUT2D eigenvalue weighted by molar-refractivity contribution is 0.0957. The van der Waals surface area contributed by atoms with Crippen LogP contribution >= 0.6 is 0 Å². The summed E-state index contributed by atoms with van der Waals surface area (Å²) in [5, 5.41) is 6.46. The summed E-state index contributed by atoms with van der Waals surface area (Å²) in [6, 6.07) is 5.95. The molecule has 0 aliphatic heterocycles. The average Bonchev–Trinajstić information content (AvgIpc) is 2.81. The van der Waals surface area contributed by atoms with Gasteiger partial charge < -0.3 is 11.1 Å². The lowest BCUT2D eigenvalue weighted by Gasteiger charge is -2.05. The summed E-state index contributed by atoms with van der Waals surface area (Å²) < 4.78 is 14.6. The number of carbonyl (C=O) groups excluding carboxylic acids is 1. The van der Waals surface area contributed by atoms with Gasteiger partial charge in [0.1, 0.15) is 5.82 Å². The maximum atomic E-state index is 13.3. The SMILES string of the molecule is CNC(=O)c1ccn(-c2cccc(F)c2N)n1. The summed E-state index contributed by atoms with van der Waals surface area (Å²) in [6.45, 7) is 0. The molecule has 0 radical (unpaired) electrons. The van der Waals surface area contributed by atoms with Crippen molar-refractivity contribution < 1.29 is 9.18 Å². The molecule has 3 N–H and O–H groups in total. The smallest absolute Gasteiger partial charge is 0.271 e. The zero-order valence-corrected chi connectivity index (χ0v) is 9.14. The molecule has 0 aliphatic carbocycles. The highest BCUT2D eigenvalue weighted by Crippen LogP contribution is 2.19. The van der Waals surface area contributed by atoms with Crippen LogP contribution < -0.4 is 11.1 Å². The molecule has 0 atom stereocenters. The van der Waals surface area contributed by atoms with E-state index in [4.69, 9.17) is 5.73 Å². The molecule has 2 rings (SSSR count). The molecule has 0 spiro atoms. The van der Waals surface area contributed by atoms with Gasteiger partial charge in [0.05, 0.1) is 11.4 Å². The van der Waals surface area contributed by atoms with Crippen LogP contribution in [0.5, 0.6) is 0 Å². The molecule has 2 aromatic rings. The summed E-state index contributed by atoms with van der Waals surface area (Å²) in [6.07, 6.45) is 1.55. The van der Waals surface area contributed by atoms with Crippen LogP contribution in [0.2, 0.25) is 0 Å². The van der Waals surface area contributed by atoms with Crippen LogP contribution in [0.3, 0.4) is 0 Å². The fourth-order valence-corrected chi connectivity index (χ4v) is 1.43. The molecule has 0 saturated carbocycles. The van der Waals surface area contributed by atoms with Gasteiger partial charge in [-0.15, -0.1) is 0 Å².